The Labute approximate surface area is 106 Å². The molecule has 0 unspecified atom stereocenters. The zero-order valence-corrected chi connectivity index (χ0v) is 10.6. The second-order valence-electron chi connectivity index (χ2n) is 4.59. The monoisotopic (exact) mass is 253 g/mol. The normalized spacial score (nSPS) is 18.5. The molecule has 0 bridgehead atoms. The third kappa shape index (κ3) is 2.48. The number of carboxylic acids is 1. The van der Waals surface area contributed by atoms with Crippen LogP contribution in [0.15, 0.2) is 12.4 Å². The van der Waals surface area contributed by atoms with E-state index < -0.39 is 11.4 Å². The first kappa shape index (κ1) is 12.9. The first-order valence-corrected chi connectivity index (χ1v) is 6.24. The van der Waals surface area contributed by atoms with E-state index >= 15 is 0 Å². The highest BCUT2D eigenvalue weighted by Crippen LogP contribution is 2.31. The highest BCUT2D eigenvalue weighted by Gasteiger charge is 2.40. The second-order valence-corrected chi connectivity index (χ2v) is 4.59. The molecule has 1 aliphatic rings. The van der Waals surface area contributed by atoms with E-state index in [0.29, 0.717) is 32.6 Å². The maximum atomic E-state index is 11.5. The van der Waals surface area contributed by atoms with E-state index in [0.717, 1.165) is 12.5 Å². The summed E-state index contributed by atoms with van der Waals surface area (Å²) in [4.78, 5) is 15.7. The molecule has 6 heteroatoms. The zero-order chi connectivity index (χ0) is 13.0. The number of nitrogens with one attached hydrogen (secondary N) is 1. The predicted molar refractivity (Wildman–Crippen MR) is 66.5 cm³/mol. The number of aryl methyl sites for hydroxylation is 1. The van der Waals surface area contributed by atoms with Crippen LogP contribution in [-0.4, -0.2) is 40.4 Å². The van der Waals surface area contributed by atoms with Crippen molar-refractivity contribution in [3.05, 3.63) is 12.4 Å². The summed E-state index contributed by atoms with van der Waals surface area (Å²) in [6.07, 6.45) is 4.67. The Morgan fingerprint density at radius 2 is 2.33 bits per heavy atom. The molecule has 100 valence electrons. The number of carbonyl (C=O) groups is 1. The number of hydrogen-bond acceptors (Lipinski definition) is 4. The van der Waals surface area contributed by atoms with Gasteiger partial charge in [0.15, 0.2) is 0 Å². The van der Waals surface area contributed by atoms with E-state index in [1.807, 2.05) is 17.7 Å². The van der Waals surface area contributed by atoms with Gasteiger partial charge in [0, 0.05) is 38.7 Å². The second kappa shape index (κ2) is 5.39. The first-order valence-electron chi connectivity index (χ1n) is 6.24. The number of aliphatic carboxylic acids is 1. The van der Waals surface area contributed by atoms with Gasteiger partial charge in [0.2, 0.25) is 5.95 Å². The largest absolute Gasteiger partial charge is 0.481 e. The average Bonchev–Trinajstić information content (AvgIpc) is 2.84. The van der Waals surface area contributed by atoms with Gasteiger partial charge in [-0.15, -0.1) is 0 Å². The topological polar surface area (TPSA) is 76.4 Å². The molecule has 1 aromatic rings. The molecule has 0 atom stereocenters. The quantitative estimate of drug-likeness (QED) is 0.824. The molecule has 0 saturated carbocycles. The summed E-state index contributed by atoms with van der Waals surface area (Å²) >= 11 is 0. The Morgan fingerprint density at radius 3 is 2.94 bits per heavy atom. The van der Waals surface area contributed by atoms with Crippen LogP contribution < -0.4 is 5.32 Å². The molecule has 1 fully saturated rings. The van der Waals surface area contributed by atoms with Crippen molar-refractivity contribution in [1.82, 2.24) is 9.55 Å². The highest BCUT2D eigenvalue weighted by molar-refractivity contribution is 5.75. The van der Waals surface area contributed by atoms with Crippen LogP contribution in [0.3, 0.4) is 0 Å². The van der Waals surface area contributed by atoms with Crippen LogP contribution in [0.2, 0.25) is 0 Å². The molecule has 2 N–H and O–H groups in total. The Morgan fingerprint density at radius 1 is 1.61 bits per heavy atom. The molecular formula is C12H19N3O3. The van der Waals surface area contributed by atoms with E-state index in [1.165, 1.54) is 0 Å². The van der Waals surface area contributed by atoms with Crippen molar-refractivity contribution >= 4 is 11.9 Å². The number of ether oxygens (including phenoxy) is 1. The van der Waals surface area contributed by atoms with E-state index in [9.17, 15) is 9.90 Å². The Bertz CT molecular complexity index is 410. The molecule has 0 amide bonds. The van der Waals surface area contributed by atoms with Crippen molar-refractivity contribution in [1.29, 1.82) is 0 Å². The summed E-state index contributed by atoms with van der Waals surface area (Å²) < 4.78 is 7.20. The fourth-order valence-electron chi connectivity index (χ4n) is 2.21. The Kier molecular flexibility index (Phi) is 3.86. The van der Waals surface area contributed by atoms with Crippen molar-refractivity contribution in [2.45, 2.75) is 26.3 Å². The lowest BCUT2D eigenvalue weighted by molar-refractivity contribution is -0.153. The minimum absolute atomic E-state index is 0.392. The van der Waals surface area contributed by atoms with Crippen LogP contribution >= 0.6 is 0 Å². The minimum atomic E-state index is -0.757. The van der Waals surface area contributed by atoms with E-state index in [1.54, 1.807) is 6.20 Å². The van der Waals surface area contributed by atoms with Gasteiger partial charge < -0.3 is 19.7 Å². The number of aromatic nitrogens is 2. The Hall–Kier alpha value is -1.56. The molecule has 1 saturated heterocycles. The molecule has 2 rings (SSSR count). The van der Waals surface area contributed by atoms with Crippen molar-refractivity contribution in [2.75, 3.05) is 25.1 Å². The van der Waals surface area contributed by atoms with Gasteiger partial charge in [-0.3, -0.25) is 4.79 Å². The lowest BCUT2D eigenvalue weighted by atomic mass is 9.80. The standard InChI is InChI=1S/C12H19N3O3/c1-2-15-6-5-13-11(15)14-9-12(10(16)17)3-7-18-8-4-12/h5-6H,2-4,7-9H2,1H3,(H,13,14)(H,16,17). The molecule has 6 nitrogen and oxygen atoms in total. The zero-order valence-electron chi connectivity index (χ0n) is 10.6. The fraction of sp³-hybridized carbons (Fsp3) is 0.667. The lowest BCUT2D eigenvalue weighted by Gasteiger charge is -2.33. The van der Waals surface area contributed by atoms with Crippen LogP contribution in [0.5, 0.6) is 0 Å². The van der Waals surface area contributed by atoms with Gasteiger partial charge in [-0.25, -0.2) is 4.98 Å². The van der Waals surface area contributed by atoms with Gasteiger partial charge in [0.25, 0.3) is 0 Å². The van der Waals surface area contributed by atoms with Gasteiger partial charge in [-0.05, 0) is 19.8 Å². The molecule has 0 aromatic carbocycles. The van der Waals surface area contributed by atoms with Gasteiger partial charge in [-0.2, -0.15) is 0 Å². The average molecular weight is 253 g/mol. The summed E-state index contributed by atoms with van der Waals surface area (Å²) in [5, 5.41) is 12.6. The number of rotatable bonds is 5. The van der Waals surface area contributed by atoms with E-state index in [4.69, 9.17) is 4.74 Å². The number of hydrogen-bond donors (Lipinski definition) is 2. The number of anilines is 1. The summed E-state index contributed by atoms with van der Waals surface area (Å²) in [7, 11) is 0. The summed E-state index contributed by atoms with van der Waals surface area (Å²) in [6.45, 7) is 4.24. The van der Waals surface area contributed by atoms with Gasteiger partial charge in [0.05, 0.1) is 5.41 Å². The van der Waals surface area contributed by atoms with Crippen LogP contribution in [0.4, 0.5) is 5.95 Å². The van der Waals surface area contributed by atoms with Crippen LogP contribution in [0.1, 0.15) is 19.8 Å². The third-order valence-electron chi connectivity index (χ3n) is 3.54. The molecule has 0 spiro atoms. The van der Waals surface area contributed by atoms with Crippen molar-refractivity contribution in [2.24, 2.45) is 5.41 Å². The number of imidazole rings is 1. The number of nitrogens with zero attached hydrogens (tertiary/aromatic N) is 2. The predicted octanol–water partition coefficient (Wildman–Crippen LogP) is 1.20. The summed E-state index contributed by atoms with van der Waals surface area (Å²) in [5.41, 5.74) is -0.733. The lowest BCUT2D eigenvalue weighted by Crippen LogP contribution is -2.43. The van der Waals surface area contributed by atoms with Crippen molar-refractivity contribution in [3.8, 4) is 0 Å². The molecule has 0 radical (unpaired) electrons. The smallest absolute Gasteiger partial charge is 0.311 e. The van der Waals surface area contributed by atoms with Gasteiger partial charge in [-0.1, -0.05) is 0 Å². The van der Waals surface area contributed by atoms with Crippen LogP contribution in [0, 0.1) is 5.41 Å². The van der Waals surface area contributed by atoms with Crippen LogP contribution in [0.25, 0.3) is 0 Å². The van der Waals surface area contributed by atoms with Crippen molar-refractivity contribution in [3.63, 3.8) is 0 Å². The van der Waals surface area contributed by atoms with Crippen molar-refractivity contribution < 1.29 is 14.6 Å². The van der Waals surface area contributed by atoms with E-state index in [-0.39, 0.29) is 0 Å². The molecule has 1 aliphatic heterocycles. The molecule has 18 heavy (non-hydrogen) atoms. The maximum absolute atomic E-state index is 11.5. The summed E-state index contributed by atoms with van der Waals surface area (Å²) in [6, 6.07) is 0. The maximum Gasteiger partial charge on any atom is 0.311 e. The minimum Gasteiger partial charge on any atom is -0.481 e. The molecule has 2 heterocycles. The Balaban J connectivity index is 2.04. The van der Waals surface area contributed by atoms with Crippen LogP contribution in [-0.2, 0) is 16.1 Å². The van der Waals surface area contributed by atoms with Gasteiger partial charge in [0.1, 0.15) is 0 Å². The first-order chi connectivity index (χ1) is 8.68. The molecular weight excluding hydrogens is 234 g/mol. The molecule has 0 aliphatic carbocycles. The fourth-order valence-corrected chi connectivity index (χ4v) is 2.21. The third-order valence-corrected chi connectivity index (χ3v) is 3.54. The van der Waals surface area contributed by atoms with Gasteiger partial charge >= 0.3 is 5.97 Å². The molecule has 1 aromatic heterocycles. The SMILES string of the molecule is CCn1ccnc1NCC1(C(=O)O)CCOCC1. The summed E-state index contributed by atoms with van der Waals surface area (Å²) in [5.74, 6) is -0.0301. The van der Waals surface area contributed by atoms with E-state index in [2.05, 4.69) is 10.3 Å². The number of carboxylic acid groups (broad SMARTS) is 1. The highest BCUT2D eigenvalue weighted by atomic mass is 16.5.